The molecule has 252 valence electrons. The van der Waals surface area contributed by atoms with Crippen molar-refractivity contribution in [2.45, 2.75) is 12.0 Å². The van der Waals surface area contributed by atoms with Gasteiger partial charge < -0.3 is 9.15 Å². The molecule has 2 heteroatoms. The van der Waals surface area contributed by atoms with Crippen LogP contribution in [0.3, 0.4) is 0 Å². The average Bonchev–Trinajstić information content (AvgIpc) is 3.78. The Labute approximate surface area is 311 Å². The molecule has 0 spiro atoms. The van der Waals surface area contributed by atoms with Gasteiger partial charge in [0.1, 0.15) is 23.0 Å². The van der Waals surface area contributed by atoms with E-state index in [0.29, 0.717) is 0 Å². The summed E-state index contributed by atoms with van der Waals surface area (Å²) in [7, 11) is 0. The maximum atomic E-state index is 6.65. The van der Waals surface area contributed by atoms with Gasteiger partial charge in [-0.2, -0.15) is 0 Å². The molecule has 0 saturated heterocycles. The normalized spacial score (nSPS) is 16.3. The van der Waals surface area contributed by atoms with Gasteiger partial charge in [-0.25, -0.2) is 0 Å². The first-order valence-electron chi connectivity index (χ1n) is 18.7. The third-order valence-electron chi connectivity index (χ3n) is 11.8. The first kappa shape index (κ1) is 29.7. The van der Waals surface area contributed by atoms with E-state index in [-0.39, 0.29) is 12.0 Å². The summed E-state index contributed by atoms with van der Waals surface area (Å²) >= 11 is 0. The van der Waals surface area contributed by atoms with Crippen molar-refractivity contribution in [3.8, 4) is 28.0 Å². The fraction of sp³-hybridized carbons (Fsp3) is 0.0385. The molecule has 9 aromatic carbocycles. The van der Waals surface area contributed by atoms with E-state index in [2.05, 4.69) is 182 Å². The first-order valence-corrected chi connectivity index (χ1v) is 18.7. The van der Waals surface area contributed by atoms with E-state index in [9.17, 15) is 0 Å². The van der Waals surface area contributed by atoms with Gasteiger partial charge in [0, 0.05) is 22.3 Å². The molecule has 0 bridgehead atoms. The third-order valence-corrected chi connectivity index (χ3v) is 11.8. The number of fused-ring (bicyclic) bond motifs is 11. The Morgan fingerprint density at radius 2 is 1.07 bits per heavy atom. The van der Waals surface area contributed by atoms with Crippen LogP contribution < -0.4 is 4.74 Å². The summed E-state index contributed by atoms with van der Waals surface area (Å²) in [5.41, 5.74) is 10.3. The molecular weight excluding hydrogens is 657 g/mol. The molecule has 0 saturated carbocycles. The summed E-state index contributed by atoms with van der Waals surface area (Å²) in [6.07, 6.45) is 6.83. The van der Waals surface area contributed by atoms with Crippen LogP contribution in [0.2, 0.25) is 0 Å². The lowest BCUT2D eigenvalue weighted by molar-refractivity contribution is 0.269. The van der Waals surface area contributed by atoms with Gasteiger partial charge >= 0.3 is 0 Å². The minimum absolute atomic E-state index is 0.0517. The summed E-state index contributed by atoms with van der Waals surface area (Å²) in [5, 5.41) is 12.3. The van der Waals surface area contributed by atoms with Gasteiger partial charge in [0.05, 0.1) is 0 Å². The van der Waals surface area contributed by atoms with Crippen molar-refractivity contribution in [1.82, 2.24) is 0 Å². The molecule has 2 aliphatic rings. The Kier molecular flexibility index (Phi) is 6.20. The van der Waals surface area contributed by atoms with Gasteiger partial charge in [-0.15, -0.1) is 0 Å². The first-order chi connectivity index (χ1) is 26.7. The van der Waals surface area contributed by atoms with Crippen molar-refractivity contribution < 1.29 is 9.15 Å². The van der Waals surface area contributed by atoms with Crippen LogP contribution in [0.4, 0.5) is 0 Å². The quantitative estimate of drug-likeness (QED) is 0.172. The van der Waals surface area contributed by atoms with Crippen molar-refractivity contribution in [2.75, 3.05) is 0 Å². The molecule has 0 amide bonds. The van der Waals surface area contributed by atoms with Crippen molar-refractivity contribution in [3.05, 3.63) is 193 Å². The standard InChI is InChI=1S/C52H32O2/c1-2-10-32-25-33(20-19-31(32)9-1)34-21-23-49-45(26-34)47-29-52-48(30-51(47)53-49)46-28-36(22-24-50(46)54-52)38-15-7-17-41-40(38)16-8-18-43(41)44-27-35-11-3-4-12-37(35)39-13-5-6-14-42(39)44/h1-30,46,50H. The largest absolute Gasteiger partial charge is 0.485 e. The Bertz CT molecular complexity index is 3270. The Balaban J connectivity index is 0.948. The number of ether oxygens (including phenoxy) is 1. The molecule has 2 atom stereocenters. The smallest absolute Gasteiger partial charge is 0.135 e. The molecule has 54 heavy (non-hydrogen) atoms. The van der Waals surface area contributed by atoms with Gasteiger partial charge in [0.15, 0.2) is 0 Å². The van der Waals surface area contributed by atoms with E-state index in [0.717, 1.165) is 27.7 Å². The van der Waals surface area contributed by atoms with Crippen LogP contribution in [0, 0.1) is 0 Å². The molecule has 2 nitrogen and oxygen atoms in total. The molecule has 0 radical (unpaired) electrons. The van der Waals surface area contributed by atoms with E-state index in [1.807, 2.05) is 0 Å². The summed E-state index contributed by atoms with van der Waals surface area (Å²) in [4.78, 5) is 0. The van der Waals surface area contributed by atoms with Crippen molar-refractivity contribution >= 4 is 70.6 Å². The molecule has 2 heterocycles. The molecule has 1 aromatic heterocycles. The molecule has 1 aliphatic carbocycles. The molecule has 2 unspecified atom stereocenters. The predicted molar refractivity (Wildman–Crippen MR) is 225 cm³/mol. The molecule has 1 aliphatic heterocycles. The third kappa shape index (κ3) is 4.41. The van der Waals surface area contributed by atoms with Gasteiger partial charge in [0.25, 0.3) is 0 Å². The van der Waals surface area contributed by atoms with E-state index >= 15 is 0 Å². The topological polar surface area (TPSA) is 22.4 Å². The van der Waals surface area contributed by atoms with Crippen LogP contribution in [0.25, 0.3) is 92.9 Å². The van der Waals surface area contributed by atoms with Crippen LogP contribution in [-0.4, -0.2) is 6.10 Å². The lowest BCUT2D eigenvalue weighted by atomic mass is 9.84. The number of hydrogen-bond donors (Lipinski definition) is 0. The van der Waals surface area contributed by atoms with Gasteiger partial charge in [-0.3, -0.25) is 0 Å². The second-order valence-corrected chi connectivity index (χ2v) is 14.7. The number of benzene rings is 9. The van der Waals surface area contributed by atoms with E-state index in [4.69, 9.17) is 9.15 Å². The Hall–Kier alpha value is -6.90. The highest BCUT2D eigenvalue weighted by molar-refractivity contribution is 6.17. The zero-order chi connectivity index (χ0) is 35.3. The second-order valence-electron chi connectivity index (χ2n) is 14.7. The Morgan fingerprint density at radius 3 is 1.96 bits per heavy atom. The molecule has 0 N–H and O–H groups in total. The predicted octanol–water partition coefficient (Wildman–Crippen LogP) is 14.0. The fourth-order valence-corrected chi connectivity index (χ4v) is 9.17. The fourth-order valence-electron chi connectivity index (χ4n) is 9.17. The molecule has 10 aromatic rings. The molecule has 0 fully saturated rings. The number of allylic oxidation sites excluding steroid dienone is 2. The Morgan fingerprint density at radius 1 is 0.407 bits per heavy atom. The van der Waals surface area contributed by atoms with E-state index in [1.54, 1.807) is 0 Å². The van der Waals surface area contributed by atoms with Gasteiger partial charge in [-0.05, 0) is 119 Å². The van der Waals surface area contributed by atoms with Crippen LogP contribution >= 0.6 is 0 Å². The number of furan rings is 1. The SMILES string of the molecule is C1=CC2Oc3cc4c(cc3C2C=C1c1cccc2c(-c3cc5ccccc5c5ccccc35)cccc12)oc1ccc(-c2ccc3ccccc3c2)cc14. The maximum Gasteiger partial charge on any atom is 0.135 e. The summed E-state index contributed by atoms with van der Waals surface area (Å²) in [5.74, 6) is 1.02. The molecular formula is C52H32O2. The van der Waals surface area contributed by atoms with Crippen molar-refractivity contribution in [1.29, 1.82) is 0 Å². The van der Waals surface area contributed by atoms with Crippen LogP contribution in [0.1, 0.15) is 17.0 Å². The lowest BCUT2D eigenvalue weighted by Crippen LogP contribution is -2.17. The summed E-state index contributed by atoms with van der Waals surface area (Å²) in [6.45, 7) is 0. The van der Waals surface area contributed by atoms with E-state index < -0.39 is 0 Å². The minimum atomic E-state index is -0.0517. The molecule has 12 rings (SSSR count). The zero-order valence-electron chi connectivity index (χ0n) is 29.3. The summed E-state index contributed by atoms with van der Waals surface area (Å²) < 4.78 is 13.2. The van der Waals surface area contributed by atoms with Gasteiger partial charge in [0.2, 0.25) is 0 Å². The highest BCUT2D eigenvalue weighted by Gasteiger charge is 2.35. The number of rotatable bonds is 3. The zero-order valence-corrected chi connectivity index (χ0v) is 29.3. The number of hydrogen-bond acceptors (Lipinski definition) is 2. The minimum Gasteiger partial charge on any atom is -0.485 e. The highest BCUT2D eigenvalue weighted by atomic mass is 16.5. The van der Waals surface area contributed by atoms with Gasteiger partial charge in [-0.1, -0.05) is 140 Å². The van der Waals surface area contributed by atoms with E-state index in [1.165, 1.54) is 82.0 Å². The lowest BCUT2D eigenvalue weighted by Gasteiger charge is -2.20. The van der Waals surface area contributed by atoms with Crippen LogP contribution in [0.5, 0.6) is 5.75 Å². The van der Waals surface area contributed by atoms with Crippen molar-refractivity contribution in [2.24, 2.45) is 0 Å². The van der Waals surface area contributed by atoms with Crippen molar-refractivity contribution in [3.63, 3.8) is 0 Å². The maximum absolute atomic E-state index is 6.65. The summed E-state index contributed by atoms with van der Waals surface area (Å²) in [6, 6.07) is 59.4. The highest BCUT2D eigenvalue weighted by Crippen LogP contribution is 2.48. The van der Waals surface area contributed by atoms with Crippen LogP contribution in [-0.2, 0) is 0 Å². The van der Waals surface area contributed by atoms with Crippen LogP contribution in [0.15, 0.2) is 186 Å². The average molecular weight is 689 g/mol. The monoisotopic (exact) mass is 688 g/mol. The second kappa shape index (κ2) is 11.3.